The van der Waals surface area contributed by atoms with E-state index in [9.17, 15) is 4.79 Å². The van der Waals surface area contributed by atoms with Crippen molar-refractivity contribution in [2.75, 3.05) is 19.0 Å². The first-order valence-electron chi connectivity index (χ1n) is 5.03. The lowest BCUT2D eigenvalue weighted by Gasteiger charge is -2.02. The van der Waals surface area contributed by atoms with E-state index in [1.54, 1.807) is 17.7 Å². The molecule has 0 saturated heterocycles. The molecule has 0 spiro atoms. The van der Waals surface area contributed by atoms with Gasteiger partial charge in [-0.3, -0.25) is 4.68 Å². The molecule has 0 radical (unpaired) electrons. The average molecular weight is 223 g/mol. The molecule has 0 atom stereocenters. The highest BCUT2D eigenvalue weighted by Gasteiger charge is 2.03. The average Bonchev–Trinajstić information content (AvgIpc) is 2.56. The maximum Gasteiger partial charge on any atom is 0.333 e. The minimum Gasteiger partial charge on any atom is -0.466 e. The number of aryl methyl sites for hydroxylation is 2. The van der Waals surface area contributed by atoms with E-state index < -0.39 is 0 Å². The molecule has 5 nitrogen and oxygen atoms in total. The number of anilines is 1. The quantitative estimate of drug-likeness (QED) is 0.616. The van der Waals surface area contributed by atoms with Gasteiger partial charge in [0.1, 0.15) is 0 Å². The van der Waals surface area contributed by atoms with Crippen LogP contribution in [0.4, 0.5) is 5.69 Å². The number of carbonyl (C=O) groups excluding carboxylic acids is 1. The Labute approximate surface area is 95.1 Å². The van der Waals surface area contributed by atoms with Crippen molar-refractivity contribution in [3.8, 4) is 0 Å². The Kier molecular flexibility index (Phi) is 4.10. The molecule has 16 heavy (non-hydrogen) atoms. The van der Waals surface area contributed by atoms with Gasteiger partial charge >= 0.3 is 5.97 Å². The van der Waals surface area contributed by atoms with Crippen molar-refractivity contribution in [2.24, 2.45) is 7.05 Å². The third-order valence-electron chi connectivity index (χ3n) is 2.22. The molecule has 88 valence electrons. The fourth-order valence-corrected chi connectivity index (χ4v) is 1.33. The Morgan fingerprint density at radius 2 is 2.38 bits per heavy atom. The number of carbonyl (C=O) groups is 1. The first kappa shape index (κ1) is 12.3. The van der Waals surface area contributed by atoms with Crippen LogP contribution in [-0.4, -0.2) is 29.4 Å². The van der Waals surface area contributed by atoms with Crippen molar-refractivity contribution in [1.29, 1.82) is 0 Å². The molecule has 5 heteroatoms. The number of hydrogen-bond donors (Lipinski definition) is 1. The van der Waals surface area contributed by atoms with Crippen LogP contribution in [0.25, 0.3) is 0 Å². The van der Waals surface area contributed by atoms with Crippen molar-refractivity contribution in [1.82, 2.24) is 9.78 Å². The molecule has 1 aromatic heterocycles. The van der Waals surface area contributed by atoms with E-state index in [2.05, 4.69) is 15.2 Å². The van der Waals surface area contributed by atoms with Gasteiger partial charge in [0.25, 0.3) is 0 Å². The van der Waals surface area contributed by atoms with Crippen molar-refractivity contribution in [2.45, 2.75) is 13.8 Å². The van der Waals surface area contributed by atoms with E-state index in [-0.39, 0.29) is 5.97 Å². The Morgan fingerprint density at radius 3 is 2.88 bits per heavy atom. The van der Waals surface area contributed by atoms with Crippen LogP contribution in [-0.2, 0) is 16.6 Å². The molecule has 0 unspecified atom stereocenters. The Morgan fingerprint density at radius 1 is 1.69 bits per heavy atom. The molecular weight excluding hydrogens is 206 g/mol. The molecule has 0 aliphatic heterocycles. The van der Waals surface area contributed by atoms with Gasteiger partial charge in [0.05, 0.1) is 18.5 Å². The van der Waals surface area contributed by atoms with Crippen LogP contribution < -0.4 is 5.32 Å². The highest BCUT2D eigenvalue weighted by Crippen LogP contribution is 2.10. The highest BCUT2D eigenvalue weighted by atomic mass is 16.5. The van der Waals surface area contributed by atoms with Crippen LogP contribution >= 0.6 is 0 Å². The second kappa shape index (κ2) is 5.34. The fourth-order valence-electron chi connectivity index (χ4n) is 1.33. The van der Waals surface area contributed by atoms with Gasteiger partial charge in [-0.25, -0.2) is 4.79 Å². The van der Waals surface area contributed by atoms with Crippen molar-refractivity contribution >= 4 is 11.7 Å². The summed E-state index contributed by atoms with van der Waals surface area (Å²) in [4.78, 5) is 11.1. The Hall–Kier alpha value is -1.78. The number of rotatable bonds is 4. The molecule has 1 heterocycles. The zero-order valence-electron chi connectivity index (χ0n) is 10.1. The lowest BCUT2D eigenvalue weighted by Crippen LogP contribution is -2.05. The summed E-state index contributed by atoms with van der Waals surface area (Å²) in [6.45, 7) is 4.23. The summed E-state index contributed by atoms with van der Waals surface area (Å²) in [7, 11) is 3.24. The largest absolute Gasteiger partial charge is 0.466 e. The Bertz CT molecular complexity index is 407. The second-order valence-corrected chi connectivity index (χ2v) is 3.56. The van der Waals surface area contributed by atoms with Crippen LogP contribution in [0.1, 0.15) is 12.6 Å². The van der Waals surface area contributed by atoms with Gasteiger partial charge in [0.2, 0.25) is 0 Å². The summed E-state index contributed by atoms with van der Waals surface area (Å²) in [5.41, 5.74) is 2.50. The highest BCUT2D eigenvalue weighted by molar-refractivity contribution is 5.87. The van der Waals surface area contributed by atoms with Crippen LogP contribution in [0.15, 0.2) is 17.8 Å². The predicted octanol–water partition coefficient (Wildman–Crippen LogP) is 1.26. The van der Waals surface area contributed by atoms with E-state index in [0.717, 1.165) is 11.4 Å². The summed E-state index contributed by atoms with van der Waals surface area (Å²) in [5, 5.41) is 7.38. The molecule has 0 fully saturated rings. The minimum absolute atomic E-state index is 0.301. The standard InChI is InChI=1S/C11H17N3O2/c1-8(11(15)16-4)5-6-12-10-7-14(3)13-9(10)2/h5,7,12H,6H2,1-4H3. The fraction of sp³-hybridized carbons (Fsp3) is 0.455. The number of methoxy groups -OCH3 is 1. The summed E-state index contributed by atoms with van der Waals surface area (Å²) in [6, 6.07) is 0. The van der Waals surface area contributed by atoms with Gasteiger partial charge in [-0.05, 0) is 13.8 Å². The van der Waals surface area contributed by atoms with Crippen LogP contribution in [0, 0.1) is 6.92 Å². The number of esters is 1. The normalized spacial score (nSPS) is 11.4. The molecular formula is C11H17N3O2. The van der Waals surface area contributed by atoms with Gasteiger partial charge in [-0.2, -0.15) is 5.10 Å². The van der Waals surface area contributed by atoms with Crippen LogP contribution in [0.5, 0.6) is 0 Å². The predicted molar refractivity (Wildman–Crippen MR) is 62.2 cm³/mol. The molecule has 0 aliphatic carbocycles. The first-order valence-corrected chi connectivity index (χ1v) is 5.03. The lowest BCUT2D eigenvalue weighted by molar-refractivity contribution is -0.136. The van der Waals surface area contributed by atoms with Crippen LogP contribution in [0.3, 0.4) is 0 Å². The van der Waals surface area contributed by atoms with E-state index in [0.29, 0.717) is 12.1 Å². The van der Waals surface area contributed by atoms with Crippen molar-refractivity contribution in [3.05, 3.63) is 23.5 Å². The molecule has 1 aromatic rings. The molecule has 1 rings (SSSR count). The molecule has 0 bridgehead atoms. The van der Waals surface area contributed by atoms with E-state index in [4.69, 9.17) is 0 Å². The summed E-state index contributed by atoms with van der Waals surface area (Å²) >= 11 is 0. The Balaban J connectivity index is 2.53. The number of ether oxygens (including phenoxy) is 1. The number of nitrogens with zero attached hydrogens (tertiary/aromatic N) is 2. The maximum atomic E-state index is 11.1. The van der Waals surface area contributed by atoms with E-state index in [1.165, 1.54) is 7.11 Å². The third-order valence-corrected chi connectivity index (χ3v) is 2.22. The summed E-state index contributed by atoms with van der Waals surface area (Å²) in [6.07, 6.45) is 3.69. The smallest absolute Gasteiger partial charge is 0.333 e. The van der Waals surface area contributed by atoms with Gasteiger partial charge in [-0.1, -0.05) is 6.08 Å². The van der Waals surface area contributed by atoms with Gasteiger partial charge < -0.3 is 10.1 Å². The minimum atomic E-state index is -0.301. The zero-order valence-corrected chi connectivity index (χ0v) is 10.1. The number of nitrogens with one attached hydrogen (secondary N) is 1. The number of hydrogen-bond acceptors (Lipinski definition) is 4. The van der Waals surface area contributed by atoms with E-state index >= 15 is 0 Å². The number of aromatic nitrogens is 2. The molecule has 0 aliphatic rings. The van der Waals surface area contributed by atoms with Crippen molar-refractivity contribution in [3.63, 3.8) is 0 Å². The topological polar surface area (TPSA) is 56.1 Å². The molecule has 1 N–H and O–H groups in total. The van der Waals surface area contributed by atoms with Crippen LogP contribution in [0.2, 0.25) is 0 Å². The van der Waals surface area contributed by atoms with Gasteiger partial charge in [0, 0.05) is 25.4 Å². The van der Waals surface area contributed by atoms with Crippen molar-refractivity contribution < 1.29 is 9.53 Å². The molecule has 0 amide bonds. The maximum absolute atomic E-state index is 11.1. The zero-order chi connectivity index (χ0) is 12.1. The monoisotopic (exact) mass is 223 g/mol. The van der Waals surface area contributed by atoms with E-state index in [1.807, 2.05) is 20.2 Å². The second-order valence-electron chi connectivity index (χ2n) is 3.56. The SMILES string of the molecule is COC(=O)C(C)=CCNc1cn(C)nc1C. The first-order chi connectivity index (χ1) is 7.54. The van der Waals surface area contributed by atoms with Gasteiger partial charge in [-0.15, -0.1) is 0 Å². The lowest BCUT2D eigenvalue weighted by atomic mass is 10.3. The third kappa shape index (κ3) is 3.12. The van der Waals surface area contributed by atoms with Gasteiger partial charge in [0.15, 0.2) is 0 Å². The summed E-state index contributed by atoms with van der Waals surface area (Å²) in [5.74, 6) is -0.301. The molecule has 0 aromatic carbocycles. The summed E-state index contributed by atoms with van der Waals surface area (Å²) < 4.78 is 6.34. The molecule has 0 saturated carbocycles.